The summed E-state index contributed by atoms with van der Waals surface area (Å²) in [6, 6.07) is 3.61. The standard InChI is InChI=1S/C11H8BrCl2NOS/c12-7-1-6(4-15-5-7)2-9(16)8-3-10(13)17-11(8)14/h1,3-5,9,16H,2H2. The van der Waals surface area contributed by atoms with Crippen molar-refractivity contribution in [3.8, 4) is 0 Å². The zero-order chi connectivity index (χ0) is 12.4. The van der Waals surface area contributed by atoms with Crippen molar-refractivity contribution in [1.29, 1.82) is 0 Å². The van der Waals surface area contributed by atoms with Gasteiger partial charge >= 0.3 is 0 Å². The van der Waals surface area contributed by atoms with Crippen LogP contribution < -0.4 is 0 Å². The maximum absolute atomic E-state index is 10.1. The number of aliphatic hydroxyl groups excluding tert-OH is 1. The quantitative estimate of drug-likeness (QED) is 0.882. The molecule has 0 spiro atoms. The van der Waals surface area contributed by atoms with E-state index in [0.29, 0.717) is 20.7 Å². The zero-order valence-electron chi connectivity index (χ0n) is 8.53. The number of thiophene rings is 1. The van der Waals surface area contributed by atoms with Gasteiger partial charge in [-0.3, -0.25) is 4.98 Å². The Bertz CT molecular complexity index is 532. The van der Waals surface area contributed by atoms with Crippen molar-refractivity contribution in [2.45, 2.75) is 12.5 Å². The molecule has 0 saturated heterocycles. The first-order valence-electron chi connectivity index (χ1n) is 4.78. The number of nitrogens with zero attached hydrogens (tertiary/aromatic N) is 1. The molecule has 0 amide bonds. The third-order valence-corrected chi connectivity index (χ3v) is 4.18. The van der Waals surface area contributed by atoms with Gasteiger partial charge < -0.3 is 5.11 Å². The van der Waals surface area contributed by atoms with Crippen LogP contribution in [-0.2, 0) is 6.42 Å². The lowest BCUT2D eigenvalue weighted by Crippen LogP contribution is -2.01. The minimum Gasteiger partial charge on any atom is -0.388 e. The molecule has 2 heterocycles. The fourth-order valence-electron chi connectivity index (χ4n) is 1.48. The predicted octanol–water partition coefficient (Wildman–Crippen LogP) is 4.49. The van der Waals surface area contributed by atoms with E-state index >= 15 is 0 Å². The second-order valence-corrected chi connectivity index (χ2v) is 6.71. The second-order valence-electron chi connectivity index (χ2n) is 3.51. The molecule has 6 heteroatoms. The fraction of sp³-hybridized carbons (Fsp3) is 0.182. The van der Waals surface area contributed by atoms with Crippen molar-refractivity contribution >= 4 is 50.5 Å². The van der Waals surface area contributed by atoms with Crippen LogP contribution in [0.4, 0.5) is 0 Å². The summed E-state index contributed by atoms with van der Waals surface area (Å²) in [5.41, 5.74) is 1.60. The van der Waals surface area contributed by atoms with Crippen molar-refractivity contribution in [2.24, 2.45) is 0 Å². The van der Waals surface area contributed by atoms with Crippen LogP contribution in [0.15, 0.2) is 29.0 Å². The van der Waals surface area contributed by atoms with Crippen LogP contribution in [-0.4, -0.2) is 10.1 Å². The summed E-state index contributed by atoms with van der Waals surface area (Å²) < 4.78 is 2.00. The summed E-state index contributed by atoms with van der Waals surface area (Å²) in [6.07, 6.45) is 3.21. The number of pyridine rings is 1. The van der Waals surface area contributed by atoms with Crippen LogP contribution >= 0.6 is 50.5 Å². The van der Waals surface area contributed by atoms with Gasteiger partial charge in [0.1, 0.15) is 4.34 Å². The molecule has 2 aromatic rings. The minimum atomic E-state index is -0.664. The number of halogens is 3. The van der Waals surface area contributed by atoms with Gasteiger partial charge in [0.15, 0.2) is 0 Å². The molecule has 0 bridgehead atoms. The van der Waals surface area contributed by atoms with E-state index in [9.17, 15) is 5.11 Å². The highest BCUT2D eigenvalue weighted by molar-refractivity contribution is 9.10. The first-order valence-corrected chi connectivity index (χ1v) is 7.15. The van der Waals surface area contributed by atoms with Gasteiger partial charge in [-0.15, -0.1) is 11.3 Å². The average Bonchev–Trinajstić information content (AvgIpc) is 2.58. The Morgan fingerprint density at radius 3 is 2.71 bits per heavy atom. The van der Waals surface area contributed by atoms with Crippen LogP contribution in [0.3, 0.4) is 0 Å². The largest absolute Gasteiger partial charge is 0.388 e. The van der Waals surface area contributed by atoms with Crippen LogP contribution in [0.2, 0.25) is 8.67 Å². The Labute approximate surface area is 121 Å². The van der Waals surface area contributed by atoms with Gasteiger partial charge in [-0.2, -0.15) is 0 Å². The highest BCUT2D eigenvalue weighted by Crippen LogP contribution is 2.36. The van der Waals surface area contributed by atoms with Crippen molar-refractivity contribution in [3.05, 3.63) is 48.8 Å². The molecule has 0 aliphatic rings. The number of hydrogen-bond acceptors (Lipinski definition) is 3. The van der Waals surface area contributed by atoms with Crippen molar-refractivity contribution in [1.82, 2.24) is 4.98 Å². The van der Waals surface area contributed by atoms with Crippen LogP contribution in [0.25, 0.3) is 0 Å². The summed E-state index contributed by atoms with van der Waals surface area (Å²) in [4.78, 5) is 4.04. The number of aliphatic hydroxyl groups is 1. The molecular formula is C11H8BrCl2NOS. The van der Waals surface area contributed by atoms with Gasteiger partial charge in [-0.1, -0.05) is 23.2 Å². The van der Waals surface area contributed by atoms with Gasteiger partial charge in [0, 0.05) is 28.9 Å². The Kier molecular flexibility index (Phi) is 4.44. The molecule has 1 unspecified atom stereocenters. The molecule has 2 aromatic heterocycles. The average molecular weight is 353 g/mol. The summed E-state index contributed by atoms with van der Waals surface area (Å²) >= 11 is 16.4. The van der Waals surface area contributed by atoms with E-state index in [-0.39, 0.29) is 0 Å². The molecule has 2 nitrogen and oxygen atoms in total. The Balaban J connectivity index is 2.16. The van der Waals surface area contributed by atoms with E-state index in [1.807, 2.05) is 6.07 Å². The highest BCUT2D eigenvalue weighted by atomic mass is 79.9. The van der Waals surface area contributed by atoms with Crippen LogP contribution in [0.1, 0.15) is 17.2 Å². The Morgan fingerprint density at radius 1 is 1.35 bits per heavy atom. The number of rotatable bonds is 3. The molecule has 0 radical (unpaired) electrons. The summed E-state index contributed by atoms with van der Waals surface area (Å²) in [5.74, 6) is 0. The van der Waals surface area contributed by atoms with E-state index in [2.05, 4.69) is 20.9 Å². The molecular weight excluding hydrogens is 345 g/mol. The van der Waals surface area contributed by atoms with E-state index in [0.717, 1.165) is 10.0 Å². The SMILES string of the molecule is OC(Cc1cncc(Br)c1)c1cc(Cl)sc1Cl. The summed E-state index contributed by atoms with van der Waals surface area (Å²) in [7, 11) is 0. The minimum absolute atomic E-state index is 0.458. The fourth-order valence-corrected chi connectivity index (χ4v) is 3.46. The lowest BCUT2D eigenvalue weighted by molar-refractivity contribution is 0.179. The van der Waals surface area contributed by atoms with E-state index < -0.39 is 6.10 Å². The number of aromatic nitrogens is 1. The molecule has 17 heavy (non-hydrogen) atoms. The lowest BCUT2D eigenvalue weighted by Gasteiger charge is -2.09. The number of hydrogen-bond donors (Lipinski definition) is 1. The third kappa shape index (κ3) is 3.42. The molecule has 2 rings (SSSR count). The van der Waals surface area contributed by atoms with Crippen LogP contribution in [0, 0.1) is 0 Å². The van der Waals surface area contributed by atoms with E-state index in [1.54, 1.807) is 18.5 Å². The Hall–Kier alpha value is -0.130. The van der Waals surface area contributed by atoms with Crippen LogP contribution in [0.5, 0.6) is 0 Å². The van der Waals surface area contributed by atoms with Gasteiger partial charge in [-0.05, 0) is 33.6 Å². The first kappa shape index (κ1) is 13.3. The molecule has 0 aromatic carbocycles. The van der Waals surface area contributed by atoms with Gasteiger partial charge in [0.05, 0.1) is 10.4 Å². The zero-order valence-corrected chi connectivity index (χ0v) is 12.4. The van der Waals surface area contributed by atoms with Crippen molar-refractivity contribution in [2.75, 3.05) is 0 Å². The maximum Gasteiger partial charge on any atom is 0.100 e. The predicted molar refractivity (Wildman–Crippen MR) is 74.9 cm³/mol. The monoisotopic (exact) mass is 351 g/mol. The third-order valence-electron chi connectivity index (χ3n) is 2.23. The smallest absolute Gasteiger partial charge is 0.100 e. The highest BCUT2D eigenvalue weighted by Gasteiger charge is 2.15. The van der Waals surface area contributed by atoms with Crippen molar-refractivity contribution < 1.29 is 5.11 Å². The van der Waals surface area contributed by atoms with Gasteiger partial charge in [0.2, 0.25) is 0 Å². The maximum atomic E-state index is 10.1. The molecule has 0 aliphatic heterocycles. The molecule has 1 atom stereocenters. The molecule has 0 aliphatic carbocycles. The summed E-state index contributed by atoms with van der Waals surface area (Å²) in [6.45, 7) is 0. The topological polar surface area (TPSA) is 33.1 Å². The van der Waals surface area contributed by atoms with Crippen molar-refractivity contribution in [3.63, 3.8) is 0 Å². The van der Waals surface area contributed by atoms with E-state index in [4.69, 9.17) is 23.2 Å². The van der Waals surface area contributed by atoms with E-state index in [1.165, 1.54) is 11.3 Å². The molecule has 0 saturated carbocycles. The second kappa shape index (κ2) is 5.67. The molecule has 90 valence electrons. The normalized spacial score (nSPS) is 12.7. The summed E-state index contributed by atoms with van der Waals surface area (Å²) in [5, 5.41) is 10.1. The molecule has 0 fully saturated rings. The van der Waals surface area contributed by atoms with Gasteiger partial charge in [0.25, 0.3) is 0 Å². The van der Waals surface area contributed by atoms with Gasteiger partial charge in [-0.25, -0.2) is 0 Å². The first-order chi connectivity index (χ1) is 8.06. The molecule has 1 N–H and O–H groups in total. The lowest BCUT2D eigenvalue weighted by atomic mass is 10.1. The Morgan fingerprint density at radius 2 is 2.12 bits per heavy atom.